The van der Waals surface area contributed by atoms with Crippen LogP contribution in [0.1, 0.15) is 70.7 Å². The number of nitrogens with zero attached hydrogens (tertiary/aromatic N) is 2. The molecule has 4 amide bonds. The number of esters is 2. The number of rotatable bonds is 10. The van der Waals surface area contributed by atoms with Crippen molar-refractivity contribution in [3.05, 3.63) is 106 Å². The lowest BCUT2D eigenvalue weighted by Crippen LogP contribution is -2.46. The molecule has 0 aliphatic heterocycles. The molecule has 0 saturated heterocycles. The van der Waals surface area contributed by atoms with E-state index in [1.165, 1.54) is 26.6 Å². The fraction of sp³-hybridized carbons (Fsp3) is 0.250. The predicted molar refractivity (Wildman–Crippen MR) is 167 cm³/mol. The highest BCUT2D eigenvalue weighted by atomic mass is 16.5. The minimum absolute atomic E-state index is 0.410. The average molecular weight is 601 g/mol. The largest absolute Gasteiger partial charge is 0.465 e. The SMILES string of the molecule is COC(=O)c1ccc(/C=N/NC(=O)NC(C)(C)c2cccc(C(C)(C)NC(=O)N/N=C/c3ccc(C(=O)OC)cc3)c2)cc1. The maximum absolute atomic E-state index is 12.6. The Bertz CT molecular complexity index is 1430. The Labute approximate surface area is 255 Å². The number of hydrazone groups is 2. The molecule has 3 rings (SSSR count). The molecule has 230 valence electrons. The normalized spacial score (nSPS) is 11.6. The molecule has 3 aromatic rings. The van der Waals surface area contributed by atoms with E-state index in [1.807, 2.05) is 52.0 Å². The summed E-state index contributed by atoms with van der Waals surface area (Å²) in [5.74, 6) is -0.877. The first-order valence-corrected chi connectivity index (χ1v) is 13.5. The van der Waals surface area contributed by atoms with Gasteiger partial charge in [-0.2, -0.15) is 10.2 Å². The van der Waals surface area contributed by atoms with Crippen molar-refractivity contribution in [3.63, 3.8) is 0 Å². The summed E-state index contributed by atoms with van der Waals surface area (Å²) in [5.41, 5.74) is 7.11. The third-order valence-electron chi connectivity index (χ3n) is 6.58. The standard InChI is InChI=1S/C32H36N6O6/c1-31(2,35-29(41)37-33-19-21-10-14-23(15-11-21)27(39)43-5)25-8-7-9-26(18-25)32(3,4)36-30(42)38-34-20-22-12-16-24(17-13-22)28(40)44-6/h7-20H,1-6H3,(H2,35,37,41)(H2,36,38,42)/b33-19+,34-20+. The van der Waals surface area contributed by atoms with E-state index in [0.29, 0.717) is 22.3 Å². The number of hydrogen-bond acceptors (Lipinski definition) is 8. The van der Waals surface area contributed by atoms with Crippen LogP contribution in [0.15, 0.2) is 83.0 Å². The van der Waals surface area contributed by atoms with Crippen LogP contribution < -0.4 is 21.5 Å². The van der Waals surface area contributed by atoms with Crippen LogP contribution in [-0.4, -0.2) is 50.6 Å². The lowest BCUT2D eigenvalue weighted by atomic mass is 9.87. The molecular formula is C32H36N6O6. The number of ether oxygens (including phenoxy) is 2. The number of methoxy groups -OCH3 is 2. The fourth-order valence-electron chi connectivity index (χ4n) is 4.04. The van der Waals surface area contributed by atoms with Gasteiger partial charge < -0.3 is 20.1 Å². The molecule has 12 heteroatoms. The van der Waals surface area contributed by atoms with E-state index in [9.17, 15) is 19.2 Å². The van der Waals surface area contributed by atoms with Crippen LogP contribution in [0.2, 0.25) is 0 Å². The zero-order valence-corrected chi connectivity index (χ0v) is 25.4. The summed E-state index contributed by atoms with van der Waals surface area (Å²) in [6, 6.07) is 19.6. The Morgan fingerprint density at radius 1 is 0.614 bits per heavy atom. The first kappa shape index (κ1) is 33.0. The molecule has 12 nitrogen and oxygen atoms in total. The molecule has 0 heterocycles. The molecule has 3 aromatic carbocycles. The molecule has 0 fully saturated rings. The molecule has 0 unspecified atom stereocenters. The highest BCUT2D eigenvalue weighted by molar-refractivity contribution is 5.91. The first-order chi connectivity index (χ1) is 20.8. The van der Waals surface area contributed by atoms with Gasteiger partial charge in [0, 0.05) is 0 Å². The Balaban J connectivity index is 1.57. The number of benzene rings is 3. The molecule has 0 radical (unpaired) electrons. The van der Waals surface area contributed by atoms with Crippen molar-refractivity contribution in [2.45, 2.75) is 38.8 Å². The zero-order valence-electron chi connectivity index (χ0n) is 25.4. The summed E-state index contributed by atoms with van der Waals surface area (Å²) in [7, 11) is 2.62. The molecular weight excluding hydrogens is 564 g/mol. The fourth-order valence-corrected chi connectivity index (χ4v) is 4.04. The van der Waals surface area contributed by atoms with Gasteiger partial charge >= 0.3 is 24.0 Å². The monoisotopic (exact) mass is 600 g/mol. The van der Waals surface area contributed by atoms with Gasteiger partial charge in [-0.15, -0.1) is 0 Å². The summed E-state index contributed by atoms with van der Waals surface area (Å²) in [4.78, 5) is 48.3. The number of nitrogens with one attached hydrogen (secondary N) is 4. The van der Waals surface area contributed by atoms with Gasteiger partial charge in [0.25, 0.3) is 0 Å². The Morgan fingerprint density at radius 2 is 0.977 bits per heavy atom. The van der Waals surface area contributed by atoms with Gasteiger partial charge in [-0.1, -0.05) is 48.5 Å². The third kappa shape index (κ3) is 9.24. The van der Waals surface area contributed by atoms with Crippen molar-refractivity contribution in [3.8, 4) is 0 Å². The smallest absolute Gasteiger partial charge is 0.337 e. The van der Waals surface area contributed by atoms with Crippen LogP contribution in [0.5, 0.6) is 0 Å². The lowest BCUT2D eigenvalue weighted by molar-refractivity contribution is 0.0592. The molecule has 0 aliphatic rings. The second kappa shape index (κ2) is 14.6. The lowest BCUT2D eigenvalue weighted by Gasteiger charge is -2.30. The van der Waals surface area contributed by atoms with Gasteiger partial charge in [-0.25, -0.2) is 30.0 Å². The minimum atomic E-state index is -0.788. The summed E-state index contributed by atoms with van der Waals surface area (Å²) in [6.07, 6.45) is 2.91. The molecule has 0 spiro atoms. The quantitative estimate of drug-likeness (QED) is 0.153. The molecule has 0 bridgehead atoms. The van der Waals surface area contributed by atoms with Crippen molar-refractivity contribution in [2.75, 3.05) is 14.2 Å². The van der Waals surface area contributed by atoms with Crippen molar-refractivity contribution in [1.29, 1.82) is 0 Å². The summed E-state index contributed by atoms with van der Waals surface area (Å²) in [5, 5.41) is 13.7. The molecule has 0 atom stereocenters. The topological polar surface area (TPSA) is 160 Å². The molecule has 4 N–H and O–H groups in total. The van der Waals surface area contributed by atoms with E-state index in [2.05, 4.69) is 41.2 Å². The van der Waals surface area contributed by atoms with Gasteiger partial charge in [0.05, 0.1) is 48.9 Å². The van der Waals surface area contributed by atoms with Crippen LogP contribution in [0.4, 0.5) is 9.59 Å². The highest BCUT2D eigenvalue weighted by Crippen LogP contribution is 2.26. The van der Waals surface area contributed by atoms with E-state index in [4.69, 9.17) is 0 Å². The minimum Gasteiger partial charge on any atom is -0.465 e. The van der Waals surface area contributed by atoms with Gasteiger partial charge in [0.1, 0.15) is 0 Å². The maximum Gasteiger partial charge on any atom is 0.337 e. The highest BCUT2D eigenvalue weighted by Gasteiger charge is 2.27. The van der Waals surface area contributed by atoms with E-state index in [1.54, 1.807) is 48.5 Å². The molecule has 44 heavy (non-hydrogen) atoms. The number of hydrogen-bond donors (Lipinski definition) is 4. The second-order valence-electron chi connectivity index (χ2n) is 10.7. The first-order valence-electron chi connectivity index (χ1n) is 13.5. The van der Waals surface area contributed by atoms with Crippen molar-refractivity contribution < 1.29 is 28.7 Å². The van der Waals surface area contributed by atoms with Gasteiger partial charge in [0.15, 0.2) is 0 Å². The van der Waals surface area contributed by atoms with Crippen LogP contribution in [-0.2, 0) is 20.6 Å². The number of carbonyl (C=O) groups is 4. The van der Waals surface area contributed by atoms with Gasteiger partial charge in [-0.3, -0.25) is 0 Å². The van der Waals surface area contributed by atoms with E-state index < -0.39 is 35.1 Å². The molecule has 0 saturated carbocycles. The van der Waals surface area contributed by atoms with Crippen LogP contribution >= 0.6 is 0 Å². The van der Waals surface area contributed by atoms with Gasteiger partial charge in [-0.05, 0) is 74.2 Å². The summed E-state index contributed by atoms with van der Waals surface area (Å²) < 4.78 is 9.36. The average Bonchev–Trinajstić information content (AvgIpc) is 3.00. The second-order valence-corrected chi connectivity index (χ2v) is 10.7. The molecule has 0 aliphatic carbocycles. The van der Waals surface area contributed by atoms with E-state index in [0.717, 1.165) is 11.1 Å². The zero-order chi connectivity index (χ0) is 32.3. The van der Waals surface area contributed by atoms with Crippen molar-refractivity contribution >= 4 is 36.4 Å². The number of carbonyl (C=O) groups excluding carboxylic acids is 4. The summed E-state index contributed by atoms with van der Waals surface area (Å²) >= 11 is 0. The third-order valence-corrected chi connectivity index (χ3v) is 6.58. The van der Waals surface area contributed by atoms with Crippen LogP contribution in [0.25, 0.3) is 0 Å². The number of urea groups is 2. The maximum atomic E-state index is 12.6. The Hall–Kier alpha value is -5.52. The van der Waals surface area contributed by atoms with Gasteiger partial charge in [0.2, 0.25) is 0 Å². The Kier molecular flexibility index (Phi) is 10.9. The van der Waals surface area contributed by atoms with E-state index in [-0.39, 0.29) is 0 Å². The predicted octanol–water partition coefficient (Wildman–Crippen LogP) is 4.40. The van der Waals surface area contributed by atoms with Crippen LogP contribution in [0.3, 0.4) is 0 Å². The number of amides is 4. The Morgan fingerprint density at radius 3 is 1.32 bits per heavy atom. The van der Waals surface area contributed by atoms with Crippen molar-refractivity contribution in [1.82, 2.24) is 21.5 Å². The van der Waals surface area contributed by atoms with Crippen molar-refractivity contribution in [2.24, 2.45) is 10.2 Å². The van der Waals surface area contributed by atoms with E-state index >= 15 is 0 Å². The summed E-state index contributed by atoms with van der Waals surface area (Å²) in [6.45, 7) is 7.39. The molecule has 0 aromatic heterocycles. The van der Waals surface area contributed by atoms with Crippen LogP contribution in [0, 0.1) is 0 Å².